The van der Waals surface area contributed by atoms with Crippen molar-refractivity contribution in [1.82, 2.24) is 5.32 Å². The van der Waals surface area contributed by atoms with Crippen molar-refractivity contribution in [3.63, 3.8) is 0 Å². The van der Waals surface area contributed by atoms with Crippen molar-refractivity contribution in [3.05, 3.63) is 65.7 Å². The fourth-order valence-corrected chi connectivity index (χ4v) is 3.82. The number of aliphatic hydroxyl groups excluding tert-OH is 1. The number of amides is 1. The Morgan fingerprint density at radius 1 is 1.20 bits per heavy atom. The molecule has 4 nitrogen and oxygen atoms in total. The molecule has 2 unspecified atom stereocenters. The van der Waals surface area contributed by atoms with Crippen molar-refractivity contribution in [2.45, 2.75) is 37.2 Å². The molecule has 0 radical (unpaired) electrons. The van der Waals surface area contributed by atoms with Crippen molar-refractivity contribution < 1.29 is 14.6 Å². The molecule has 0 heterocycles. The maximum Gasteiger partial charge on any atom is 0.255 e. The SMILES string of the molecule is COc1ccccc1C(=O)NCC1(c2ccccc2)CCCC(O)C1. The van der Waals surface area contributed by atoms with Crippen LogP contribution in [0.5, 0.6) is 5.75 Å². The number of methoxy groups -OCH3 is 1. The molecule has 0 saturated heterocycles. The molecule has 2 aromatic rings. The number of para-hydroxylation sites is 1. The Morgan fingerprint density at radius 3 is 2.64 bits per heavy atom. The van der Waals surface area contributed by atoms with E-state index in [1.54, 1.807) is 19.2 Å². The van der Waals surface area contributed by atoms with Crippen molar-refractivity contribution in [3.8, 4) is 5.75 Å². The number of rotatable bonds is 5. The molecule has 2 aromatic carbocycles. The first-order chi connectivity index (χ1) is 12.1. The van der Waals surface area contributed by atoms with Crippen LogP contribution in [0.4, 0.5) is 0 Å². The fraction of sp³-hybridized carbons (Fsp3) is 0.381. The predicted molar refractivity (Wildman–Crippen MR) is 97.9 cm³/mol. The van der Waals surface area contributed by atoms with E-state index in [0.717, 1.165) is 19.3 Å². The van der Waals surface area contributed by atoms with Crippen molar-refractivity contribution >= 4 is 5.91 Å². The highest BCUT2D eigenvalue weighted by Gasteiger charge is 2.37. The quantitative estimate of drug-likeness (QED) is 0.879. The summed E-state index contributed by atoms with van der Waals surface area (Å²) < 4.78 is 5.28. The van der Waals surface area contributed by atoms with E-state index in [1.165, 1.54) is 5.56 Å². The van der Waals surface area contributed by atoms with Gasteiger partial charge in [0.2, 0.25) is 0 Å². The number of nitrogens with one attached hydrogen (secondary N) is 1. The minimum absolute atomic E-state index is 0.146. The standard InChI is InChI=1S/C21H25NO3/c1-25-19-12-6-5-11-18(19)20(24)22-15-21(13-7-10-17(23)14-21)16-8-3-2-4-9-16/h2-6,8-9,11-12,17,23H,7,10,13-15H2,1H3,(H,22,24). The molecule has 1 saturated carbocycles. The zero-order valence-electron chi connectivity index (χ0n) is 14.6. The lowest BCUT2D eigenvalue weighted by molar-refractivity contribution is 0.0770. The summed E-state index contributed by atoms with van der Waals surface area (Å²) in [7, 11) is 1.56. The number of aliphatic hydroxyl groups is 1. The number of carbonyl (C=O) groups excluding carboxylic acids is 1. The van der Waals surface area contributed by atoms with Gasteiger partial charge in [-0.2, -0.15) is 0 Å². The molecule has 132 valence electrons. The number of hydrogen-bond acceptors (Lipinski definition) is 3. The van der Waals surface area contributed by atoms with Crippen LogP contribution in [-0.4, -0.2) is 30.8 Å². The molecule has 0 spiro atoms. The molecule has 3 rings (SSSR count). The Bertz CT molecular complexity index is 716. The van der Waals surface area contributed by atoms with E-state index in [1.807, 2.05) is 30.3 Å². The van der Waals surface area contributed by atoms with Crippen molar-refractivity contribution in [1.29, 1.82) is 0 Å². The lowest BCUT2D eigenvalue weighted by atomic mass is 9.68. The molecule has 2 N–H and O–H groups in total. The average Bonchev–Trinajstić information content (AvgIpc) is 2.67. The summed E-state index contributed by atoms with van der Waals surface area (Å²) in [4.78, 5) is 12.7. The summed E-state index contributed by atoms with van der Waals surface area (Å²) in [5.74, 6) is 0.422. The van der Waals surface area contributed by atoms with Crippen LogP contribution in [0.3, 0.4) is 0 Å². The van der Waals surface area contributed by atoms with Crippen LogP contribution < -0.4 is 10.1 Å². The summed E-state index contributed by atoms with van der Waals surface area (Å²) in [6.07, 6.45) is 3.09. The summed E-state index contributed by atoms with van der Waals surface area (Å²) in [5, 5.41) is 13.3. The molecule has 0 bridgehead atoms. The third-order valence-corrected chi connectivity index (χ3v) is 5.14. The fourth-order valence-electron chi connectivity index (χ4n) is 3.82. The van der Waals surface area contributed by atoms with E-state index in [9.17, 15) is 9.90 Å². The molecule has 1 aliphatic rings. The molecule has 2 atom stereocenters. The second kappa shape index (κ2) is 7.70. The summed E-state index contributed by atoms with van der Waals surface area (Å²) in [5.41, 5.74) is 1.48. The number of benzene rings is 2. The van der Waals surface area contributed by atoms with Gasteiger partial charge in [0, 0.05) is 12.0 Å². The Kier molecular flexibility index (Phi) is 5.39. The summed E-state index contributed by atoms with van der Waals surface area (Å²) in [6.45, 7) is 0.505. The Morgan fingerprint density at radius 2 is 1.92 bits per heavy atom. The smallest absolute Gasteiger partial charge is 0.255 e. The van der Waals surface area contributed by atoms with Gasteiger partial charge in [0.05, 0.1) is 18.8 Å². The minimum Gasteiger partial charge on any atom is -0.496 e. The molecule has 4 heteroatoms. The van der Waals surface area contributed by atoms with Crippen molar-refractivity contribution in [2.75, 3.05) is 13.7 Å². The van der Waals surface area contributed by atoms with Gasteiger partial charge in [-0.1, -0.05) is 42.5 Å². The van der Waals surface area contributed by atoms with Crippen LogP contribution in [-0.2, 0) is 5.41 Å². The maximum absolute atomic E-state index is 12.7. The Labute approximate surface area is 148 Å². The van der Waals surface area contributed by atoms with Gasteiger partial charge >= 0.3 is 0 Å². The van der Waals surface area contributed by atoms with Crippen LogP contribution in [0.2, 0.25) is 0 Å². The topological polar surface area (TPSA) is 58.6 Å². The zero-order valence-corrected chi connectivity index (χ0v) is 14.6. The van der Waals surface area contributed by atoms with Gasteiger partial charge in [-0.3, -0.25) is 4.79 Å². The van der Waals surface area contributed by atoms with Gasteiger partial charge in [0.1, 0.15) is 5.75 Å². The van der Waals surface area contributed by atoms with Crippen LogP contribution in [0.25, 0.3) is 0 Å². The van der Waals surface area contributed by atoms with Gasteiger partial charge < -0.3 is 15.2 Å². The van der Waals surface area contributed by atoms with E-state index in [4.69, 9.17) is 4.74 Å². The summed E-state index contributed by atoms with van der Waals surface area (Å²) >= 11 is 0. The first-order valence-corrected chi connectivity index (χ1v) is 8.79. The molecule has 0 aliphatic heterocycles. The van der Waals surface area contributed by atoms with E-state index in [0.29, 0.717) is 24.3 Å². The molecule has 25 heavy (non-hydrogen) atoms. The zero-order chi connectivity index (χ0) is 17.7. The highest BCUT2D eigenvalue weighted by atomic mass is 16.5. The van der Waals surface area contributed by atoms with Crippen LogP contribution in [0, 0.1) is 0 Å². The van der Waals surface area contributed by atoms with E-state index >= 15 is 0 Å². The number of ether oxygens (including phenoxy) is 1. The second-order valence-corrected chi connectivity index (χ2v) is 6.78. The molecular weight excluding hydrogens is 314 g/mol. The highest BCUT2D eigenvalue weighted by Crippen LogP contribution is 2.39. The van der Waals surface area contributed by atoms with E-state index in [-0.39, 0.29) is 17.4 Å². The molecule has 0 aromatic heterocycles. The average molecular weight is 339 g/mol. The van der Waals surface area contributed by atoms with Gasteiger partial charge in [0.25, 0.3) is 5.91 Å². The second-order valence-electron chi connectivity index (χ2n) is 6.78. The van der Waals surface area contributed by atoms with Gasteiger partial charge in [-0.15, -0.1) is 0 Å². The third kappa shape index (κ3) is 3.85. The maximum atomic E-state index is 12.7. The van der Waals surface area contributed by atoms with Gasteiger partial charge in [-0.05, 0) is 43.4 Å². The van der Waals surface area contributed by atoms with Gasteiger partial charge in [-0.25, -0.2) is 0 Å². The third-order valence-electron chi connectivity index (χ3n) is 5.14. The number of hydrogen-bond donors (Lipinski definition) is 2. The predicted octanol–water partition coefficient (Wildman–Crippen LogP) is 3.30. The van der Waals surface area contributed by atoms with Gasteiger partial charge in [0.15, 0.2) is 0 Å². The first kappa shape index (κ1) is 17.5. The van der Waals surface area contributed by atoms with Crippen LogP contribution in [0.1, 0.15) is 41.6 Å². The molecular formula is C21H25NO3. The summed E-state index contributed by atoms with van der Waals surface area (Å²) in [6, 6.07) is 17.4. The highest BCUT2D eigenvalue weighted by molar-refractivity contribution is 5.96. The molecule has 1 fully saturated rings. The molecule has 1 amide bonds. The number of carbonyl (C=O) groups is 1. The van der Waals surface area contributed by atoms with Crippen LogP contribution >= 0.6 is 0 Å². The van der Waals surface area contributed by atoms with Crippen LogP contribution in [0.15, 0.2) is 54.6 Å². The van der Waals surface area contributed by atoms with Crippen molar-refractivity contribution in [2.24, 2.45) is 0 Å². The Balaban J connectivity index is 1.81. The molecule has 1 aliphatic carbocycles. The normalized spacial score (nSPS) is 23.0. The van der Waals surface area contributed by atoms with E-state index < -0.39 is 0 Å². The first-order valence-electron chi connectivity index (χ1n) is 8.79. The Hall–Kier alpha value is -2.33. The van der Waals surface area contributed by atoms with E-state index in [2.05, 4.69) is 17.4 Å². The monoisotopic (exact) mass is 339 g/mol. The minimum atomic E-state index is -0.322. The largest absolute Gasteiger partial charge is 0.496 e. The lowest BCUT2D eigenvalue weighted by Gasteiger charge is -2.40. The lowest BCUT2D eigenvalue weighted by Crippen LogP contribution is -2.45.